The zero-order chi connectivity index (χ0) is 19.8. The molecule has 0 atom stereocenters. The van der Waals surface area contributed by atoms with E-state index >= 15 is 0 Å². The van der Waals surface area contributed by atoms with Gasteiger partial charge in [-0.25, -0.2) is 0 Å². The molecule has 5 nitrogen and oxygen atoms in total. The monoisotopic (exact) mass is 389 g/mol. The lowest BCUT2D eigenvalue weighted by molar-refractivity contribution is 0.0785. The number of H-pyrrole nitrogens is 1. The number of benzene rings is 2. The molecule has 2 aliphatic carbocycles. The lowest BCUT2D eigenvalue weighted by Crippen LogP contribution is -2.26. The lowest BCUT2D eigenvalue weighted by Gasteiger charge is -2.20. The molecule has 1 amide bonds. The fourth-order valence-corrected chi connectivity index (χ4v) is 4.42. The summed E-state index contributed by atoms with van der Waals surface area (Å²) in [6.07, 6.45) is 9.41. The number of carbonyl (C=O) groups excluding carboxylic acids is 1. The molecule has 2 aliphatic rings. The molecular weight excluding hydrogens is 362 g/mol. The molecule has 5 rings (SSSR count). The molecule has 0 aliphatic heterocycles. The number of aromatic nitrogens is 2. The van der Waals surface area contributed by atoms with E-state index in [0.717, 1.165) is 35.1 Å². The molecule has 1 heterocycles. The molecule has 29 heavy (non-hydrogen) atoms. The number of fused-ring (bicyclic) bond motifs is 1. The highest BCUT2D eigenvalue weighted by Gasteiger charge is 2.28. The Labute approximate surface area is 171 Å². The molecule has 5 heteroatoms. The SMILES string of the molecule is CN(Cc1cccc2cn[nH]c12)C(=O)c1ccc(C2CCCC2)c(OC2CC2)c1. The van der Waals surface area contributed by atoms with Crippen molar-refractivity contribution in [3.05, 3.63) is 59.3 Å². The smallest absolute Gasteiger partial charge is 0.254 e. The van der Waals surface area contributed by atoms with Gasteiger partial charge >= 0.3 is 0 Å². The fraction of sp³-hybridized carbons (Fsp3) is 0.417. The van der Waals surface area contributed by atoms with Crippen LogP contribution in [0.4, 0.5) is 0 Å². The highest BCUT2D eigenvalue weighted by Crippen LogP contribution is 2.41. The third-order valence-electron chi connectivity index (χ3n) is 6.19. The van der Waals surface area contributed by atoms with Crippen LogP contribution < -0.4 is 4.74 Å². The second-order valence-corrected chi connectivity index (χ2v) is 8.46. The Morgan fingerprint density at radius 3 is 2.79 bits per heavy atom. The molecule has 2 aromatic carbocycles. The maximum atomic E-state index is 13.2. The summed E-state index contributed by atoms with van der Waals surface area (Å²) in [5.74, 6) is 1.51. The maximum Gasteiger partial charge on any atom is 0.254 e. The van der Waals surface area contributed by atoms with Crippen LogP contribution in [0.25, 0.3) is 10.9 Å². The van der Waals surface area contributed by atoms with E-state index in [4.69, 9.17) is 4.74 Å². The number of rotatable bonds is 6. The van der Waals surface area contributed by atoms with Gasteiger partial charge < -0.3 is 9.64 Å². The molecule has 2 fully saturated rings. The Kier molecular flexibility index (Phi) is 4.74. The van der Waals surface area contributed by atoms with Gasteiger partial charge in [0.05, 0.1) is 17.8 Å². The minimum Gasteiger partial charge on any atom is -0.490 e. The van der Waals surface area contributed by atoms with Crippen LogP contribution in [0, 0.1) is 0 Å². The summed E-state index contributed by atoms with van der Waals surface area (Å²) >= 11 is 0. The maximum absolute atomic E-state index is 13.2. The van der Waals surface area contributed by atoms with Gasteiger partial charge in [-0.2, -0.15) is 5.10 Å². The Morgan fingerprint density at radius 2 is 2.00 bits per heavy atom. The minimum absolute atomic E-state index is 0.0140. The van der Waals surface area contributed by atoms with Crippen LogP contribution in [0.2, 0.25) is 0 Å². The number of hydrogen-bond donors (Lipinski definition) is 1. The molecule has 1 aromatic heterocycles. The number of hydrogen-bond acceptors (Lipinski definition) is 3. The van der Waals surface area contributed by atoms with Crippen molar-refractivity contribution in [1.29, 1.82) is 0 Å². The van der Waals surface area contributed by atoms with Crippen LogP contribution in [-0.4, -0.2) is 34.2 Å². The van der Waals surface area contributed by atoms with E-state index in [1.807, 2.05) is 43.6 Å². The summed E-state index contributed by atoms with van der Waals surface area (Å²) in [5, 5.41) is 8.22. The second kappa shape index (κ2) is 7.54. The fourth-order valence-electron chi connectivity index (χ4n) is 4.42. The summed E-state index contributed by atoms with van der Waals surface area (Å²) in [6, 6.07) is 12.1. The van der Waals surface area contributed by atoms with E-state index < -0.39 is 0 Å². The first-order valence-electron chi connectivity index (χ1n) is 10.7. The van der Waals surface area contributed by atoms with Crippen LogP contribution in [-0.2, 0) is 6.54 Å². The first-order valence-corrected chi connectivity index (χ1v) is 10.7. The van der Waals surface area contributed by atoms with Gasteiger partial charge in [-0.05, 0) is 54.9 Å². The summed E-state index contributed by atoms with van der Waals surface area (Å²) < 4.78 is 6.22. The predicted octanol–water partition coefficient (Wildman–Crippen LogP) is 5.03. The Balaban J connectivity index is 1.38. The topological polar surface area (TPSA) is 58.2 Å². The van der Waals surface area contributed by atoms with Crippen molar-refractivity contribution < 1.29 is 9.53 Å². The van der Waals surface area contributed by atoms with Crippen LogP contribution >= 0.6 is 0 Å². The molecule has 3 aromatic rings. The summed E-state index contributed by atoms with van der Waals surface area (Å²) in [6.45, 7) is 0.529. The van der Waals surface area contributed by atoms with Crippen molar-refractivity contribution in [3.8, 4) is 5.75 Å². The molecule has 0 spiro atoms. The third kappa shape index (κ3) is 3.74. The number of nitrogens with zero attached hydrogens (tertiary/aromatic N) is 2. The highest BCUT2D eigenvalue weighted by atomic mass is 16.5. The van der Waals surface area contributed by atoms with Crippen molar-refractivity contribution >= 4 is 16.8 Å². The first kappa shape index (κ1) is 18.2. The van der Waals surface area contributed by atoms with Gasteiger partial charge in [-0.3, -0.25) is 9.89 Å². The molecule has 0 unspecified atom stereocenters. The minimum atomic E-state index is 0.0140. The van der Waals surface area contributed by atoms with Crippen LogP contribution in [0.3, 0.4) is 0 Å². The molecule has 150 valence electrons. The van der Waals surface area contributed by atoms with Crippen molar-refractivity contribution in [1.82, 2.24) is 15.1 Å². The number of nitrogens with one attached hydrogen (secondary N) is 1. The third-order valence-corrected chi connectivity index (χ3v) is 6.19. The number of para-hydroxylation sites is 1. The number of amides is 1. The zero-order valence-electron chi connectivity index (χ0n) is 16.9. The number of aromatic amines is 1. The van der Waals surface area contributed by atoms with E-state index in [1.165, 1.54) is 31.2 Å². The Bertz CT molecular complexity index is 1030. The largest absolute Gasteiger partial charge is 0.490 e. The van der Waals surface area contributed by atoms with Crippen molar-refractivity contribution in [2.75, 3.05) is 7.05 Å². The normalized spacial score (nSPS) is 17.0. The standard InChI is InChI=1S/C24H27N3O2/c1-27(15-19-8-4-7-18-14-25-26-23(18)19)24(28)17-9-12-21(16-5-2-3-6-16)22(13-17)29-20-10-11-20/h4,7-9,12-14,16,20H,2-3,5-6,10-11,15H2,1H3,(H,25,26). The van der Waals surface area contributed by atoms with Gasteiger partial charge in [0.1, 0.15) is 5.75 Å². The molecule has 1 N–H and O–H groups in total. The van der Waals surface area contributed by atoms with Crippen LogP contribution in [0.15, 0.2) is 42.6 Å². The molecular formula is C24H27N3O2. The quantitative estimate of drug-likeness (QED) is 0.643. The van der Waals surface area contributed by atoms with Gasteiger partial charge in [0.25, 0.3) is 5.91 Å². The number of carbonyl (C=O) groups is 1. The molecule has 2 saturated carbocycles. The Hall–Kier alpha value is -2.82. The van der Waals surface area contributed by atoms with Crippen LogP contribution in [0.5, 0.6) is 5.75 Å². The van der Waals surface area contributed by atoms with Gasteiger partial charge in [0.2, 0.25) is 0 Å². The summed E-state index contributed by atoms with van der Waals surface area (Å²) in [5.41, 5.74) is 4.03. The second-order valence-electron chi connectivity index (χ2n) is 8.46. The average molecular weight is 389 g/mol. The van der Waals surface area contributed by atoms with E-state index in [0.29, 0.717) is 24.1 Å². The van der Waals surface area contributed by atoms with Crippen LogP contribution in [0.1, 0.15) is 65.9 Å². The van der Waals surface area contributed by atoms with E-state index in [9.17, 15) is 4.79 Å². The highest BCUT2D eigenvalue weighted by molar-refractivity contribution is 5.95. The van der Waals surface area contributed by atoms with Gasteiger partial charge in [0.15, 0.2) is 0 Å². The van der Waals surface area contributed by atoms with E-state index in [1.54, 1.807) is 4.90 Å². The molecule has 0 radical (unpaired) electrons. The average Bonchev–Trinajstić information content (AvgIpc) is 3.20. The van der Waals surface area contributed by atoms with Crippen molar-refractivity contribution in [3.63, 3.8) is 0 Å². The lowest BCUT2D eigenvalue weighted by atomic mass is 9.95. The number of ether oxygens (including phenoxy) is 1. The van der Waals surface area contributed by atoms with Crippen molar-refractivity contribution in [2.24, 2.45) is 0 Å². The Morgan fingerprint density at radius 1 is 1.17 bits per heavy atom. The zero-order valence-corrected chi connectivity index (χ0v) is 16.9. The van der Waals surface area contributed by atoms with Gasteiger partial charge in [-0.1, -0.05) is 37.1 Å². The molecule has 0 saturated heterocycles. The van der Waals surface area contributed by atoms with E-state index in [2.05, 4.69) is 16.3 Å². The van der Waals surface area contributed by atoms with Gasteiger partial charge in [-0.15, -0.1) is 0 Å². The molecule has 0 bridgehead atoms. The summed E-state index contributed by atoms with van der Waals surface area (Å²) in [7, 11) is 1.85. The predicted molar refractivity (Wildman–Crippen MR) is 113 cm³/mol. The first-order chi connectivity index (χ1) is 14.2. The van der Waals surface area contributed by atoms with Gasteiger partial charge in [0, 0.05) is 24.5 Å². The summed E-state index contributed by atoms with van der Waals surface area (Å²) in [4.78, 5) is 14.9. The van der Waals surface area contributed by atoms with E-state index in [-0.39, 0.29) is 5.91 Å². The van der Waals surface area contributed by atoms with Crippen molar-refractivity contribution in [2.45, 2.75) is 57.1 Å².